The van der Waals surface area contributed by atoms with Crippen molar-refractivity contribution >= 4 is 22.8 Å². The van der Waals surface area contributed by atoms with Gasteiger partial charge in [-0.25, -0.2) is 9.97 Å². The lowest BCUT2D eigenvalue weighted by molar-refractivity contribution is -0.0752. The van der Waals surface area contributed by atoms with Gasteiger partial charge in [0.1, 0.15) is 22.9 Å². The molecule has 2 aromatic heterocycles. The Morgan fingerprint density at radius 3 is 2.54 bits per heavy atom. The van der Waals surface area contributed by atoms with Crippen LogP contribution in [0.2, 0.25) is 0 Å². The number of amides is 1. The number of nitrogens with one attached hydrogen (secondary N) is 1. The molecular weight excluding hydrogens is 468 g/mol. The predicted molar refractivity (Wildman–Crippen MR) is 145 cm³/mol. The molecule has 2 aliphatic heterocycles. The molecule has 4 heterocycles. The fourth-order valence-corrected chi connectivity index (χ4v) is 5.96. The summed E-state index contributed by atoms with van der Waals surface area (Å²) < 4.78 is 14.3. The van der Waals surface area contributed by atoms with Crippen molar-refractivity contribution in [1.82, 2.24) is 24.8 Å². The van der Waals surface area contributed by atoms with Crippen molar-refractivity contribution in [3.8, 4) is 17.1 Å². The Balaban J connectivity index is 1.60. The third-order valence-electron chi connectivity index (χ3n) is 7.63. The summed E-state index contributed by atoms with van der Waals surface area (Å²) in [6, 6.07) is 8.75. The average molecular weight is 507 g/mol. The SMILES string of the molecule is CNC(=O)c1cc(OC)c2c(c1)nc(-c1ccc(N3[C@@H](C)CC[C@@H]3C)nc1)n2C[C@@H]1CN(C)C[C@H](C)O1. The van der Waals surface area contributed by atoms with Crippen LogP contribution in [-0.4, -0.2) is 83.9 Å². The number of carbonyl (C=O) groups excluding carboxylic acids is 1. The lowest BCUT2D eigenvalue weighted by atomic mass is 10.1. The number of imidazole rings is 1. The highest BCUT2D eigenvalue weighted by Gasteiger charge is 2.29. The van der Waals surface area contributed by atoms with E-state index >= 15 is 0 Å². The first-order valence-electron chi connectivity index (χ1n) is 13.2. The van der Waals surface area contributed by atoms with Crippen LogP contribution in [-0.2, 0) is 11.3 Å². The highest BCUT2D eigenvalue weighted by Crippen LogP contribution is 2.35. The molecule has 9 nitrogen and oxygen atoms in total. The molecule has 198 valence electrons. The van der Waals surface area contributed by atoms with E-state index in [1.54, 1.807) is 20.2 Å². The van der Waals surface area contributed by atoms with Crippen molar-refractivity contribution in [2.24, 2.45) is 0 Å². The first-order chi connectivity index (χ1) is 17.8. The van der Waals surface area contributed by atoms with Crippen LogP contribution in [0.25, 0.3) is 22.4 Å². The van der Waals surface area contributed by atoms with Gasteiger partial charge in [0.15, 0.2) is 0 Å². The molecule has 2 aliphatic rings. The number of pyridine rings is 1. The van der Waals surface area contributed by atoms with Crippen LogP contribution in [0.3, 0.4) is 0 Å². The van der Waals surface area contributed by atoms with Gasteiger partial charge in [-0.05, 0) is 64.9 Å². The molecule has 1 N–H and O–H groups in total. The fourth-order valence-electron chi connectivity index (χ4n) is 5.96. The summed E-state index contributed by atoms with van der Waals surface area (Å²) in [6.07, 6.45) is 4.42. The Morgan fingerprint density at radius 1 is 1.16 bits per heavy atom. The minimum Gasteiger partial charge on any atom is -0.494 e. The minimum atomic E-state index is -0.178. The van der Waals surface area contributed by atoms with Crippen molar-refractivity contribution in [1.29, 1.82) is 0 Å². The van der Waals surface area contributed by atoms with Crippen molar-refractivity contribution < 1.29 is 14.3 Å². The summed E-state index contributed by atoms with van der Waals surface area (Å²) in [7, 11) is 5.37. The topological polar surface area (TPSA) is 84.8 Å². The van der Waals surface area contributed by atoms with Crippen molar-refractivity contribution in [3.05, 3.63) is 36.0 Å². The van der Waals surface area contributed by atoms with Gasteiger partial charge in [-0.3, -0.25) is 4.79 Å². The predicted octanol–water partition coefficient (Wildman–Crippen LogP) is 3.56. The normalized spacial score (nSPS) is 24.5. The number of fused-ring (bicyclic) bond motifs is 1. The van der Waals surface area contributed by atoms with E-state index in [1.165, 1.54) is 12.8 Å². The molecule has 1 aromatic carbocycles. The van der Waals surface area contributed by atoms with Crippen molar-refractivity contribution in [2.45, 2.75) is 64.4 Å². The summed E-state index contributed by atoms with van der Waals surface area (Å²) in [5.41, 5.74) is 2.98. The van der Waals surface area contributed by atoms with Crippen LogP contribution < -0.4 is 15.0 Å². The molecule has 4 atom stereocenters. The Bertz CT molecular complexity index is 1250. The fraction of sp³-hybridized carbons (Fsp3) is 0.536. The molecule has 1 amide bonds. The Morgan fingerprint density at radius 2 is 1.92 bits per heavy atom. The van der Waals surface area contributed by atoms with Crippen LogP contribution in [0.4, 0.5) is 5.82 Å². The smallest absolute Gasteiger partial charge is 0.251 e. The second kappa shape index (κ2) is 10.3. The lowest BCUT2D eigenvalue weighted by Crippen LogP contribution is -2.46. The van der Waals surface area contributed by atoms with Gasteiger partial charge >= 0.3 is 0 Å². The number of aromatic nitrogens is 3. The number of nitrogens with zero attached hydrogens (tertiary/aromatic N) is 5. The third-order valence-corrected chi connectivity index (χ3v) is 7.63. The number of hydrogen-bond acceptors (Lipinski definition) is 7. The van der Waals surface area contributed by atoms with Crippen LogP contribution in [0.1, 0.15) is 44.0 Å². The minimum absolute atomic E-state index is 0.00763. The molecule has 0 aliphatic carbocycles. The quantitative estimate of drug-likeness (QED) is 0.547. The van der Waals surface area contributed by atoms with Gasteiger partial charge in [-0.2, -0.15) is 0 Å². The van der Waals surface area contributed by atoms with Gasteiger partial charge in [0.25, 0.3) is 5.91 Å². The van der Waals surface area contributed by atoms with Gasteiger partial charge in [0.2, 0.25) is 0 Å². The molecule has 37 heavy (non-hydrogen) atoms. The summed E-state index contributed by atoms with van der Waals surface area (Å²) in [4.78, 5) is 27.0. The molecule has 0 saturated carbocycles. The van der Waals surface area contributed by atoms with E-state index in [-0.39, 0.29) is 18.1 Å². The van der Waals surface area contributed by atoms with Crippen molar-refractivity contribution in [2.75, 3.05) is 39.2 Å². The standard InChI is InChI=1S/C28H38N6O3/c1-17-7-8-18(2)34(17)25-10-9-20(13-30-25)27-31-23-11-21(28(35)29-4)12-24(36-6)26(23)33(27)16-22-15-32(5)14-19(3)37-22/h9-13,17-19,22H,7-8,14-16H2,1-6H3,(H,29,35)/t17-,18-,19-,22-/m0/s1. The van der Waals surface area contributed by atoms with E-state index in [0.29, 0.717) is 35.5 Å². The number of carbonyl (C=O) groups is 1. The number of anilines is 1. The molecule has 5 rings (SSSR count). The maximum absolute atomic E-state index is 12.5. The molecule has 9 heteroatoms. The number of methoxy groups -OCH3 is 1. The zero-order valence-corrected chi connectivity index (χ0v) is 22.7. The molecule has 0 radical (unpaired) electrons. The number of rotatable bonds is 6. The van der Waals surface area contributed by atoms with Crippen molar-refractivity contribution in [3.63, 3.8) is 0 Å². The zero-order chi connectivity index (χ0) is 26.3. The summed E-state index contributed by atoms with van der Waals surface area (Å²) in [5.74, 6) is 2.21. The van der Waals surface area contributed by atoms with Gasteiger partial charge in [-0.1, -0.05) is 0 Å². The Kier molecular flexibility index (Phi) is 7.09. The van der Waals surface area contributed by atoms with E-state index in [1.807, 2.05) is 12.3 Å². The van der Waals surface area contributed by atoms with Gasteiger partial charge in [0, 0.05) is 49.5 Å². The number of ether oxygens (including phenoxy) is 2. The average Bonchev–Trinajstić information content (AvgIpc) is 3.41. The Labute approximate surface area is 218 Å². The molecular formula is C28H38N6O3. The maximum Gasteiger partial charge on any atom is 0.251 e. The van der Waals surface area contributed by atoms with Crippen LogP contribution in [0.15, 0.2) is 30.5 Å². The van der Waals surface area contributed by atoms with Gasteiger partial charge in [0.05, 0.1) is 31.4 Å². The highest BCUT2D eigenvalue weighted by molar-refractivity contribution is 5.99. The van der Waals surface area contributed by atoms with Crippen LogP contribution in [0.5, 0.6) is 5.75 Å². The van der Waals surface area contributed by atoms with E-state index in [9.17, 15) is 4.79 Å². The van der Waals surface area contributed by atoms with Gasteiger partial charge in [-0.15, -0.1) is 0 Å². The second-order valence-electron chi connectivity index (χ2n) is 10.5. The number of likely N-dealkylation sites (N-methyl/N-ethyl adjacent to an activating group) is 1. The molecule has 0 unspecified atom stereocenters. The molecule has 2 saturated heterocycles. The zero-order valence-electron chi connectivity index (χ0n) is 22.7. The van der Waals surface area contributed by atoms with E-state index < -0.39 is 0 Å². The highest BCUT2D eigenvalue weighted by atomic mass is 16.5. The molecule has 2 fully saturated rings. The van der Waals surface area contributed by atoms with E-state index in [2.05, 4.69) is 59.6 Å². The van der Waals surface area contributed by atoms with E-state index in [4.69, 9.17) is 19.4 Å². The molecule has 3 aromatic rings. The van der Waals surface area contributed by atoms with Crippen LogP contribution >= 0.6 is 0 Å². The lowest BCUT2D eigenvalue weighted by Gasteiger charge is -2.35. The largest absolute Gasteiger partial charge is 0.494 e. The third kappa shape index (κ3) is 4.90. The Hall–Kier alpha value is -3.17. The summed E-state index contributed by atoms with van der Waals surface area (Å²) >= 11 is 0. The second-order valence-corrected chi connectivity index (χ2v) is 10.5. The first-order valence-corrected chi connectivity index (χ1v) is 13.2. The number of benzene rings is 1. The summed E-state index contributed by atoms with van der Waals surface area (Å²) in [6.45, 7) is 8.97. The monoisotopic (exact) mass is 506 g/mol. The maximum atomic E-state index is 12.5. The first kappa shape index (κ1) is 25.5. The summed E-state index contributed by atoms with van der Waals surface area (Å²) in [5, 5.41) is 2.70. The van der Waals surface area contributed by atoms with Gasteiger partial charge < -0.3 is 29.2 Å². The molecule has 0 spiro atoms. The number of morpholine rings is 1. The number of hydrogen-bond donors (Lipinski definition) is 1. The van der Waals surface area contributed by atoms with E-state index in [0.717, 1.165) is 35.8 Å². The molecule has 0 bridgehead atoms. The van der Waals surface area contributed by atoms with Crippen LogP contribution in [0, 0.1) is 0 Å².